The van der Waals surface area contributed by atoms with E-state index in [4.69, 9.17) is 9.47 Å². The summed E-state index contributed by atoms with van der Waals surface area (Å²) in [4.78, 5) is 0. The van der Waals surface area contributed by atoms with Gasteiger partial charge in [0.15, 0.2) is 11.5 Å². The quantitative estimate of drug-likeness (QED) is 0.761. The summed E-state index contributed by atoms with van der Waals surface area (Å²) < 4.78 is 10.9. The lowest BCUT2D eigenvalue weighted by atomic mass is 10.0. The number of para-hydroxylation sites is 1. The minimum Gasteiger partial charge on any atom is -0.454 e. The number of nitrogens with one attached hydrogen (secondary N) is 1. The van der Waals surface area contributed by atoms with Crippen LogP contribution in [0.1, 0.15) is 24.9 Å². The van der Waals surface area contributed by atoms with Crippen LogP contribution in [0.5, 0.6) is 11.5 Å². The number of ether oxygens (including phenoxy) is 2. The first-order valence-corrected chi connectivity index (χ1v) is 5.46. The molecule has 1 aromatic carbocycles. The maximum atomic E-state index is 5.52. The maximum absolute atomic E-state index is 5.52. The average Bonchev–Trinajstić information content (AvgIpc) is 2.84. The number of hydrogen-bond donors (Lipinski definition) is 1. The minimum atomic E-state index is 0.356. The van der Waals surface area contributed by atoms with Crippen LogP contribution in [0.25, 0.3) is 0 Å². The molecule has 2 aliphatic heterocycles. The summed E-state index contributed by atoms with van der Waals surface area (Å²) in [7, 11) is 0. The highest BCUT2D eigenvalue weighted by Gasteiger charge is 2.27. The van der Waals surface area contributed by atoms with Crippen molar-refractivity contribution in [3.63, 3.8) is 0 Å². The van der Waals surface area contributed by atoms with E-state index in [-0.39, 0.29) is 0 Å². The molecule has 2 aliphatic rings. The molecular formula is C12H15NO2. The fraction of sp³-hybridized carbons (Fsp3) is 0.500. The van der Waals surface area contributed by atoms with E-state index in [1.54, 1.807) is 0 Å². The standard InChI is InChI=1S/C12H15NO2/c1-8-5-10(13-6-8)9-3-2-4-11-12(9)15-7-14-11/h2-4,8,10,13H,5-7H2,1H3. The van der Waals surface area contributed by atoms with Crippen molar-refractivity contribution in [2.24, 2.45) is 5.92 Å². The second kappa shape index (κ2) is 3.42. The summed E-state index contributed by atoms with van der Waals surface area (Å²) in [5.41, 5.74) is 1.24. The first-order chi connectivity index (χ1) is 7.34. The third-order valence-electron chi connectivity index (χ3n) is 3.15. The van der Waals surface area contributed by atoms with Crippen LogP contribution in [0.2, 0.25) is 0 Å². The molecule has 1 N–H and O–H groups in total. The molecule has 0 aliphatic carbocycles. The van der Waals surface area contributed by atoms with Crippen molar-refractivity contribution in [1.29, 1.82) is 0 Å². The number of rotatable bonds is 1. The molecule has 3 nitrogen and oxygen atoms in total. The second-order valence-electron chi connectivity index (χ2n) is 4.38. The Kier molecular flexibility index (Phi) is 2.06. The van der Waals surface area contributed by atoms with Gasteiger partial charge in [-0.2, -0.15) is 0 Å². The Morgan fingerprint density at radius 2 is 2.27 bits per heavy atom. The molecule has 0 amide bonds. The van der Waals surface area contributed by atoms with Crippen molar-refractivity contribution < 1.29 is 9.47 Å². The van der Waals surface area contributed by atoms with Gasteiger partial charge in [-0.3, -0.25) is 0 Å². The van der Waals surface area contributed by atoms with Gasteiger partial charge in [0.2, 0.25) is 6.79 Å². The Bertz CT molecular complexity index is 378. The molecule has 0 spiro atoms. The van der Waals surface area contributed by atoms with E-state index in [1.807, 2.05) is 12.1 Å². The Morgan fingerprint density at radius 3 is 3.07 bits per heavy atom. The van der Waals surface area contributed by atoms with E-state index in [2.05, 4.69) is 18.3 Å². The Morgan fingerprint density at radius 1 is 1.33 bits per heavy atom. The van der Waals surface area contributed by atoms with Crippen LogP contribution >= 0.6 is 0 Å². The average molecular weight is 205 g/mol. The third kappa shape index (κ3) is 1.47. The molecule has 1 saturated heterocycles. The zero-order valence-corrected chi connectivity index (χ0v) is 8.82. The van der Waals surface area contributed by atoms with E-state index < -0.39 is 0 Å². The first-order valence-electron chi connectivity index (χ1n) is 5.46. The topological polar surface area (TPSA) is 30.5 Å². The second-order valence-corrected chi connectivity index (χ2v) is 4.38. The molecular weight excluding hydrogens is 190 g/mol. The van der Waals surface area contributed by atoms with E-state index in [1.165, 1.54) is 12.0 Å². The van der Waals surface area contributed by atoms with Crippen LogP contribution in [0, 0.1) is 5.92 Å². The zero-order chi connectivity index (χ0) is 10.3. The predicted molar refractivity (Wildman–Crippen MR) is 57.1 cm³/mol. The van der Waals surface area contributed by atoms with Gasteiger partial charge < -0.3 is 14.8 Å². The maximum Gasteiger partial charge on any atom is 0.231 e. The highest BCUT2D eigenvalue weighted by Crippen LogP contribution is 2.41. The van der Waals surface area contributed by atoms with Crippen molar-refractivity contribution in [1.82, 2.24) is 5.32 Å². The highest BCUT2D eigenvalue weighted by molar-refractivity contribution is 5.49. The molecule has 3 rings (SSSR count). The van der Waals surface area contributed by atoms with Crippen molar-refractivity contribution in [2.45, 2.75) is 19.4 Å². The monoisotopic (exact) mass is 205 g/mol. The van der Waals surface area contributed by atoms with Crippen LogP contribution in [-0.4, -0.2) is 13.3 Å². The van der Waals surface area contributed by atoms with Gasteiger partial charge in [0.05, 0.1) is 0 Å². The highest BCUT2D eigenvalue weighted by atomic mass is 16.7. The van der Waals surface area contributed by atoms with Gasteiger partial charge in [-0.25, -0.2) is 0 Å². The van der Waals surface area contributed by atoms with E-state index in [0.29, 0.717) is 12.8 Å². The molecule has 1 fully saturated rings. The minimum absolute atomic E-state index is 0.356. The van der Waals surface area contributed by atoms with Gasteiger partial charge >= 0.3 is 0 Å². The van der Waals surface area contributed by atoms with E-state index >= 15 is 0 Å². The molecule has 15 heavy (non-hydrogen) atoms. The van der Waals surface area contributed by atoms with Crippen molar-refractivity contribution in [3.05, 3.63) is 23.8 Å². The molecule has 2 heterocycles. The summed E-state index contributed by atoms with van der Waals surface area (Å²) in [5, 5.41) is 3.52. The predicted octanol–water partition coefficient (Wildman–Crippen LogP) is 2.09. The molecule has 3 heteroatoms. The summed E-state index contributed by atoms with van der Waals surface area (Å²) >= 11 is 0. The van der Waals surface area contributed by atoms with Crippen LogP contribution in [0.3, 0.4) is 0 Å². The lowest BCUT2D eigenvalue weighted by molar-refractivity contribution is 0.173. The number of hydrogen-bond acceptors (Lipinski definition) is 3. The van der Waals surface area contributed by atoms with E-state index in [0.717, 1.165) is 24.0 Å². The SMILES string of the molecule is CC1CNC(c2cccc3c2OCO3)C1. The molecule has 2 atom stereocenters. The Hall–Kier alpha value is -1.22. The molecule has 80 valence electrons. The lowest BCUT2D eigenvalue weighted by Gasteiger charge is -2.12. The fourth-order valence-corrected chi connectivity index (χ4v) is 2.38. The van der Waals surface area contributed by atoms with Crippen LogP contribution < -0.4 is 14.8 Å². The van der Waals surface area contributed by atoms with Crippen LogP contribution in [0.4, 0.5) is 0 Å². The van der Waals surface area contributed by atoms with E-state index in [9.17, 15) is 0 Å². The van der Waals surface area contributed by atoms with Gasteiger partial charge in [-0.15, -0.1) is 0 Å². The molecule has 0 bridgehead atoms. The van der Waals surface area contributed by atoms with Gasteiger partial charge in [0.25, 0.3) is 0 Å². The Labute approximate surface area is 89.4 Å². The smallest absolute Gasteiger partial charge is 0.231 e. The molecule has 0 saturated carbocycles. The third-order valence-corrected chi connectivity index (χ3v) is 3.15. The fourth-order valence-electron chi connectivity index (χ4n) is 2.38. The van der Waals surface area contributed by atoms with Gasteiger partial charge in [0.1, 0.15) is 0 Å². The summed E-state index contributed by atoms with van der Waals surface area (Å²) in [5.74, 6) is 2.56. The van der Waals surface area contributed by atoms with Crippen molar-refractivity contribution >= 4 is 0 Å². The normalized spacial score (nSPS) is 28.3. The van der Waals surface area contributed by atoms with Gasteiger partial charge in [-0.05, 0) is 24.9 Å². The first kappa shape index (κ1) is 9.04. The summed E-state index contributed by atoms with van der Waals surface area (Å²) in [6.45, 7) is 3.72. The molecule has 0 radical (unpaired) electrons. The van der Waals surface area contributed by atoms with Gasteiger partial charge in [-0.1, -0.05) is 19.1 Å². The molecule has 0 aromatic heterocycles. The Balaban J connectivity index is 1.95. The van der Waals surface area contributed by atoms with Gasteiger partial charge in [0, 0.05) is 11.6 Å². The number of fused-ring (bicyclic) bond motifs is 1. The number of benzene rings is 1. The van der Waals surface area contributed by atoms with Crippen LogP contribution in [0.15, 0.2) is 18.2 Å². The van der Waals surface area contributed by atoms with Crippen molar-refractivity contribution in [2.75, 3.05) is 13.3 Å². The zero-order valence-electron chi connectivity index (χ0n) is 8.82. The van der Waals surface area contributed by atoms with Crippen LogP contribution in [-0.2, 0) is 0 Å². The lowest BCUT2D eigenvalue weighted by Crippen LogP contribution is -2.13. The molecule has 2 unspecified atom stereocenters. The molecule has 1 aromatic rings. The summed E-state index contributed by atoms with van der Waals surface area (Å²) in [6.07, 6.45) is 1.18. The largest absolute Gasteiger partial charge is 0.454 e. The summed E-state index contributed by atoms with van der Waals surface area (Å²) in [6, 6.07) is 6.55. The van der Waals surface area contributed by atoms with Crippen molar-refractivity contribution in [3.8, 4) is 11.5 Å².